The molecule has 96 valence electrons. The molecular formula is C15H18FNS. The summed E-state index contributed by atoms with van der Waals surface area (Å²) >= 11 is 1.78. The van der Waals surface area contributed by atoms with Crippen molar-refractivity contribution in [2.24, 2.45) is 0 Å². The molecule has 18 heavy (non-hydrogen) atoms. The fourth-order valence-electron chi connectivity index (χ4n) is 1.94. The number of hydrogen-bond donors (Lipinski definition) is 1. The van der Waals surface area contributed by atoms with Gasteiger partial charge in [0.25, 0.3) is 0 Å². The minimum atomic E-state index is -0.159. The summed E-state index contributed by atoms with van der Waals surface area (Å²) in [5.41, 5.74) is 2.38. The molecule has 1 heterocycles. The molecular weight excluding hydrogens is 245 g/mol. The van der Waals surface area contributed by atoms with Crippen LogP contribution in [0, 0.1) is 12.7 Å². The summed E-state index contributed by atoms with van der Waals surface area (Å²) < 4.78 is 13.1. The van der Waals surface area contributed by atoms with Crippen LogP contribution in [0.1, 0.15) is 22.9 Å². The van der Waals surface area contributed by atoms with Crippen molar-refractivity contribution in [3.05, 3.63) is 57.5 Å². The van der Waals surface area contributed by atoms with Crippen LogP contribution in [-0.2, 0) is 13.0 Å². The van der Waals surface area contributed by atoms with Crippen LogP contribution in [0.25, 0.3) is 0 Å². The maximum Gasteiger partial charge on any atom is 0.123 e. The monoisotopic (exact) mass is 263 g/mol. The zero-order valence-corrected chi connectivity index (χ0v) is 11.6. The van der Waals surface area contributed by atoms with Gasteiger partial charge in [0, 0.05) is 17.5 Å². The van der Waals surface area contributed by atoms with E-state index in [-0.39, 0.29) is 5.82 Å². The quantitative estimate of drug-likeness (QED) is 0.862. The lowest BCUT2D eigenvalue weighted by molar-refractivity contribution is 0.545. The smallest absolute Gasteiger partial charge is 0.123 e. The molecule has 3 heteroatoms. The van der Waals surface area contributed by atoms with Crippen LogP contribution >= 0.6 is 11.3 Å². The number of nitrogens with one attached hydrogen (secondary N) is 1. The van der Waals surface area contributed by atoms with E-state index in [1.165, 1.54) is 16.5 Å². The molecule has 0 radical (unpaired) electrons. The van der Waals surface area contributed by atoms with Gasteiger partial charge in [-0.2, -0.15) is 0 Å². The second kappa shape index (κ2) is 6.12. The van der Waals surface area contributed by atoms with Crippen LogP contribution in [0.5, 0.6) is 0 Å². The van der Waals surface area contributed by atoms with Crippen molar-refractivity contribution >= 4 is 11.3 Å². The van der Waals surface area contributed by atoms with Crippen molar-refractivity contribution in [3.8, 4) is 0 Å². The predicted octanol–water partition coefficient (Wildman–Crippen LogP) is 3.92. The maximum absolute atomic E-state index is 13.1. The predicted molar refractivity (Wildman–Crippen MR) is 75.5 cm³/mol. The average molecular weight is 263 g/mol. The SMILES string of the molecule is Cc1ccsc1CNC(C)Cc1cccc(F)c1. The Labute approximate surface area is 112 Å². The van der Waals surface area contributed by atoms with Gasteiger partial charge >= 0.3 is 0 Å². The first-order chi connectivity index (χ1) is 8.65. The third-order valence-corrected chi connectivity index (χ3v) is 4.03. The van der Waals surface area contributed by atoms with Crippen LogP contribution in [0.15, 0.2) is 35.7 Å². The first-order valence-electron chi connectivity index (χ1n) is 6.16. The van der Waals surface area contributed by atoms with Crippen LogP contribution in [0.3, 0.4) is 0 Å². The van der Waals surface area contributed by atoms with Gasteiger partial charge in [0.15, 0.2) is 0 Å². The molecule has 1 aromatic carbocycles. The van der Waals surface area contributed by atoms with Crippen molar-refractivity contribution < 1.29 is 4.39 Å². The molecule has 1 N–H and O–H groups in total. The van der Waals surface area contributed by atoms with Gasteiger partial charge in [-0.15, -0.1) is 11.3 Å². The molecule has 0 amide bonds. The Hall–Kier alpha value is -1.19. The van der Waals surface area contributed by atoms with E-state index in [1.54, 1.807) is 23.5 Å². The van der Waals surface area contributed by atoms with E-state index in [4.69, 9.17) is 0 Å². The second-order valence-corrected chi connectivity index (χ2v) is 5.64. The molecule has 0 bridgehead atoms. The first kappa shape index (κ1) is 13.2. The Morgan fingerprint density at radius 2 is 2.17 bits per heavy atom. The molecule has 0 fully saturated rings. The van der Waals surface area contributed by atoms with Gasteiger partial charge in [0.05, 0.1) is 0 Å². The zero-order chi connectivity index (χ0) is 13.0. The lowest BCUT2D eigenvalue weighted by Crippen LogP contribution is -2.27. The molecule has 1 nitrogen and oxygen atoms in total. The summed E-state index contributed by atoms with van der Waals surface area (Å²) in [4.78, 5) is 1.38. The van der Waals surface area contributed by atoms with E-state index < -0.39 is 0 Å². The lowest BCUT2D eigenvalue weighted by atomic mass is 10.1. The van der Waals surface area contributed by atoms with Crippen molar-refractivity contribution in [3.63, 3.8) is 0 Å². The summed E-state index contributed by atoms with van der Waals surface area (Å²) in [7, 11) is 0. The van der Waals surface area contributed by atoms with E-state index in [0.717, 1.165) is 18.5 Å². The van der Waals surface area contributed by atoms with Crippen molar-refractivity contribution in [2.45, 2.75) is 32.9 Å². The Morgan fingerprint density at radius 1 is 1.33 bits per heavy atom. The molecule has 2 rings (SSSR count). The number of thiophene rings is 1. The second-order valence-electron chi connectivity index (χ2n) is 4.64. The summed E-state index contributed by atoms with van der Waals surface area (Å²) in [6, 6.07) is 9.30. The van der Waals surface area contributed by atoms with E-state index in [1.807, 2.05) is 6.07 Å². The highest BCUT2D eigenvalue weighted by Crippen LogP contribution is 2.15. The van der Waals surface area contributed by atoms with Gasteiger partial charge in [0.1, 0.15) is 5.82 Å². The Kier molecular flexibility index (Phi) is 4.50. The van der Waals surface area contributed by atoms with Crippen LogP contribution in [0.4, 0.5) is 4.39 Å². The summed E-state index contributed by atoms with van der Waals surface area (Å²) in [5, 5.41) is 5.60. The van der Waals surface area contributed by atoms with E-state index in [0.29, 0.717) is 6.04 Å². The first-order valence-corrected chi connectivity index (χ1v) is 7.04. The highest BCUT2D eigenvalue weighted by molar-refractivity contribution is 7.10. The Balaban J connectivity index is 1.86. The largest absolute Gasteiger partial charge is 0.309 e. The molecule has 0 saturated carbocycles. The topological polar surface area (TPSA) is 12.0 Å². The fourth-order valence-corrected chi connectivity index (χ4v) is 2.80. The van der Waals surface area contributed by atoms with Crippen molar-refractivity contribution in [1.29, 1.82) is 0 Å². The molecule has 0 aliphatic heterocycles. The minimum absolute atomic E-state index is 0.159. The lowest BCUT2D eigenvalue weighted by Gasteiger charge is -2.13. The summed E-state index contributed by atoms with van der Waals surface area (Å²) in [6.45, 7) is 5.15. The number of rotatable bonds is 5. The highest BCUT2D eigenvalue weighted by atomic mass is 32.1. The van der Waals surface area contributed by atoms with Gasteiger partial charge in [0.2, 0.25) is 0 Å². The Bertz CT molecular complexity index is 507. The third-order valence-electron chi connectivity index (χ3n) is 3.01. The van der Waals surface area contributed by atoms with Crippen molar-refractivity contribution in [1.82, 2.24) is 5.32 Å². The summed E-state index contributed by atoms with van der Waals surface area (Å²) in [5.74, 6) is -0.159. The molecule has 1 unspecified atom stereocenters. The molecule has 0 saturated heterocycles. The van der Waals surface area contributed by atoms with E-state index in [2.05, 4.69) is 30.6 Å². The third kappa shape index (κ3) is 3.65. The fraction of sp³-hybridized carbons (Fsp3) is 0.333. The zero-order valence-electron chi connectivity index (χ0n) is 10.7. The highest BCUT2D eigenvalue weighted by Gasteiger charge is 2.06. The van der Waals surface area contributed by atoms with Crippen LogP contribution < -0.4 is 5.32 Å². The molecule has 1 atom stereocenters. The van der Waals surface area contributed by atoms with Gasteiger partial charge in [-0.25, -0.2) is 4.39 Å². The molecule has 1 aromatic heterocycles. The number of aryl methyl sites for hydroxylation is 1. The molecule has 2 aromatic rings. The van der Waals surface area contributed by atoms with E-state index in [9.17, 15) is 4.39 Å². The van der Waals surface area contributed by atoms with Crippen molar-refractivity contribution in [2.75, 3.05) is 0 Å². The number of halogens is 1. The molecule has 0 spiro atoms. The molecule has 0 aliphatic rings. The Morgan fingerprint density at radius 3 is 2.83 bits per heavy atom. The van der Waals surface area contributed by atoms with Crippen LogP contribution in [-0.4, -0.2) is 6.04 Å². The standard InChI is InChI=1S/C15H18FNS/c1-11-6-7-18-15(11)10-17-12(2)8-13-4-3-5-14(16)9-13/h3-7,9,12,17H,8,10H2,1-2H3. The van der Waals surface area contributed by atoms with Gasteiger partial charge in [-0.3, -0.25) is 0 Å². The average Bonchev–Trinajstić information content (AvgIpc) is 2.72. The van der Waals surface area contributed by atoms with Crippen LogP contribution in [0.2, 0.25) is 0 Å². The number of benzene rings is 1. The molecule has 0 aliphatic carbocycles. The minimum Gasteiger partial charge on any atom is -0.309 e. The number of hydrogen-bond acceptors (Lipinski definition) is 2. The van der Waals surface area contributed by atoms with E-state index >= 15 is 0 Å². The summed E-state index contributed by atoms with van der Waals surface area (Å²) in [6.07, 6.45) is 0.849. The van der Waals surface area contributed by atoms with Gasteiger partial charge in [-0.1, -0.05) is 12.1 Å². The van der Waals surface area contributed by atoms with Gasteiger partial charge in [-0.05, 0) is 55.0 Å². The maximum atomic E-state index is 13.1. The normalized spacial score (nSPS) is 12.6. The van der Waals surface area contributed by atoms with Gasteiger partial charge < -0.3 is 5.32 Å².